The number of nitrogens with one attached hydrogen (secondary N) is 1. The highest BCUT2D eigenvalue weighted by atomic mass is 79.9. The molecule has 1 heterocycles. The zero-order chi connectivity index (χ0) is 13.2. The van der Waals surface area contributed by atoms with Gasteiger partial charge in [-0.05, 0) is 52.7 Å². The van der Waals surface area contributed by atoms with E-state index in [0.717, 1.165) is 16.6 Å². The van der Waals surface area contributed by atoms with Gasteiger partial charge in [0.25, 0.3) is 0 Å². The van der Waals surface area contributed by atoms with Crippen LogP contribution in [0, 0.1) is 0 Å². The molecule has 0 spiro atoms. The van der Waals surface area contributed by atoms with Crippen LogP contribution in [-0.4, -0.2) is 26.0 Å². The van der Waals surface area contributed by atoms with Gasteiger partial charge in [-0.25, -0.2) is 13.1 Å². The van der Waals surface area contributed by atoms with E-state index in [2.05, 4.69) is 36.6 Å². The molecule has 7 heteroatoms. The van der Waals surface area contributed by atoms with Crippen molar-refractivity contribution in [1.29, 1.82) is 0 Å². The molecule has 1 fully saturated rings. The van der Waals surface area contributed by atoms with Crippen molar-refractivity contribution >= 4 is 53.6 Å². The van der Waals surface area contributed by atoms with Crippen molar-refractivity contribution in [1.82, 2.24) is 4.72 Å². The van der Waals surface area contributed by atoms with E-state index in [-0.39, 0.29) is 4.90 Å². The van der Waals surface area contributed by atoms with Gasteiger partial charge in [-0.2, -0.15) is 11.8 Å². The SMILES string of the molecule is O=S(=O)(NCC1CCCS1)c1ccc(Br)cc1Br. The molecule has 0 amide bonds. The summed E-state index contributed by atoms with van der Waals surface area (Å²) in [5.74, 6) is 1.13. The molecular weight excluding hydrogens is 402 g/mol. The molecule has 0 aliphatic carbocycles. The maximum absolute atomic E-state index is 12.2. The normalized spacial score (nSPS) is 20.2. The number of benzene rings is 1. The van der Waals surface area contributed by atoms with Crippen LogP contribution in [0.1, 0.15) is 12.8 Å². The van der Waals surface area contributed by atoms with Crippen LogP contribution in [0.25, 0.3) is 0 Å². The molecule has 1 aliphatic rings. The molecule has 100 valence electrons. The minimum atomic E-state index is -3.43. The van der Waals surface area contributed by atoms with Gasteiger partial charge in [-0.15, -0.1) is 0 Å². The Hall–Kier alpha value is 0.440. The average Bonchev–Trinajstić information content (AvgIpc) is 2.78. The molecule has 1 aromatic carbocycles. The summed E-state index contributed by atoms with van der Waals surface area (Å²) in [6, 6.07) is 5.06. The van der Waals surface area contributed by atoms with Gasteiger partial charge < -0.3 is 0 Å². The second kappa shape index (κ2) is 6.26. The molecule has 3 nitrogen and oxygen atoms in total. The summed E-state index contributed by atoms with van der Waals surface area (Å²) in [5.41, 5.74) is 0. The van der Waals surface area contributed by atoms with Crippen LogP contribution in [0.4, 0.5) is 0 Å². The lowest BCUT2D eigenvalue weighted by Crippen LogP contribution is -2.30. The molecule has 1 aromatic rings. The summed E-state index contributed by atoms with van der Waals surface area (Å²) < 4.78 is 28.4. The van der Waals surface area contributed by atoms with Crippen LogP contribution >= 0.6 is 43.6 Å². The molecule has 0 aromatic heterocycles. The molecule has 1 saturated heterocycles. The number of sulfonamides is 1. The van der Waals surface area contributed by atoms with E-state index in [1.165, 1.54) is 6.42 Å². The molecule has 18 heavy (non-hydrogen) atoms. The minimum Gasteiger partial charge on any atom is -0.210 e. The number of hydrogen-bond donors (Lipinski definition) is 1. The molecule has 2 rings (SSSR count). The highest BCUT2D eigenvalue weighted by Crippen LogP contribution is 2.28. The zero-order valence-electron chi connectivity index (χ0n) is 9.53. The van der Waals surface area contributed by atoms with Crippen LogP contribution in [0.5, 0.6) is 0 Å². The molecule has 1 atom stereocenters. The smallest absolute Gasteiger partial charge is 0.210 e. The van der Waals surface area contributed by atoms with Gasteiger partial charge in [0, 0.05) is 20.7 Å². The van der Waals surface area contributed by atoms with Crippen molar-refractivity contribution in [3.63, 3.8) is 0 Å². The van der Waals surface area contributed by atoms with E-state index >= 15 is 0 Å². The Morgan fingerprint density at radius 2 is 2.17 bits per heavy atom. The average molecular weight is 415 g/mol. The first-order chi connectivity index (χ1) is 8.49. The van der Waals surface area contributed by atoms with Crippen molar-refractivity contribution in [3.8, 4) is 0 Å². The van der Waals surface area contributed by atoms with Crippen molar-refractivity contribution in [3.05, 3.63) is 27.1 Å². The lowest BCUT2D eigenvalue weighted by molar-refractivity contribution is 0.578. The van der Waals surface area contributed by atoms with Crippen molar-refractivity contribution in [2.24, 2.45) is 0 Å². The van der Waals surface area contributed by atoms with Gasteiger partial charge >= 0.3 is 0 Å². The first-order valence-electron chi connectivity index (χ1n) is 5.55. The van der Waals surface area contributed by atoms with Crippen LogP contribution in [0.15, 0.2) is 32.0 Å². The van der Waals surface area contributed by atoms with E-state index in [9.17, 15) is 8.42 Å². The van der Waals surface area contributed by atoms with Gasteiger partial charge in [0.15, 0.2) is 0 Å². The van der Waals surface area contributed by atoms with Crippen molar-refractivity contribution in [2.45, 2.75) is 23.0 Å². The summed E-state index contributed by atoms with van der Waals surface area (Å²) in [6.07, 6.45) is 2.27. The van der Waals surface area contributed by atoms with Gasteiger partial charge in [-0.1, -0.05) is 15.9 Å². The van der Waals surface area contributed by atoms with Gasteiger partial charge in [0.2, 0.25) is 10.0 Å². The third-order valence-electron chi connectivity index (χ3n) is 2.71. The highest BCUT2D eigenvalue weighted by Gasteiger charge is 2.21. The molecule has 0 saturated carbocycles. The maximum Gasteiger partial charge on any atom is 0.241 e. The number of thioether (sulfide) groups is 1. The van der Waals surface area contributed by atoms with E-state index in [1.54, 1.807) is 18.2 Å². The Balaban J connectivity index is 2.09. The zero-order valence-corrected chi connectivity index (χ0v) is 14.3. The summed E-state index contributed by atoms with van der Waals surface area (Å²) in [6.45, 7) is 0.509. The second-order valence-electron chi connectivity index (χ2n) is 4.06. The van der Waals surface area contributed by atoms with Crippen molar-refractivity contribution in [2.75, 3.05) is 12.3 Å². The van der Waals surface area contributed by atoms with Crippen LogP contribution < -0.4 is 4.72 Å². The molecule has 1 N–H and O–H groups in total. The highest BCUT2D eigenvalue weighted by molar-refractivity contribution is 9.11. The van der Waals surface area contributed by atoms with Crippen LogP contribution in [0.2, 0.25) is 0 Å². The fourth-order valence-electron chi connectivity index (χ4n) is 1.78. The second-order valence-corrected chi connectivity index (χ2v) is 8.98. The Labute approximate surface area is 128 Å². The third kappa shape index (κ3) is 3.72. The molecular formula is C11H13Br2NO2S2. The number of rotatable bonds is 4. The van der Waals surface area contributed by atoms with E-state index in [1.807, 2.05) is 11.8 Å². The molecule has 1 aliphatic heterocycles. The molecule has 0 bridgehead atoms. The van der Waals surface area contributed by atoms with Gasteiger partial charge in [0.1, 0.15) is 0 Å². The summed E-state index contributed by atoms with van der Waals surface area (Å²) in [7, 11) is -3.43. The lowest BCUT2D eigenvalue weighted by atomic mass is 10.2. The Bertz CT molecular complexity index is 528. The summed E-state index contributed by atoms with van der Waals surface area (Å²) >= 11 is 8.43. The summed E-state index contributed by atoms with van der Waals surface area (Å²) in [5, 5.41) is 0.411. The fourth-order valence-corrected chi connectivity index (χ4v) is 5.91. The largest absolute Gasteiger partial charge is 0.241 e. The van der Waals surface area contributed by atoms with E-state index < -0.39 is 10.0 Å². The third-order valence-corrected chi connectivity index (χ3v) is 7.00. The topological polar surface area (TPSA) is 46.2 Å². The first kappa shape index (κ1) is 14.8. The Morgan fingerprint density at radius 3 is 2.78 bits per heavy atom. The minimum absolute atomic E-state index is 0.286. The van der Waals surface area contributed by atoms with Gasteiger partial charge in [-0.3, -0.25) is 0 Å². The Morgan fingerprint density at radius 1 is 1.39 bits per heavy atom. The maximum atomic E-state index is 12.2. The quantitative estimate of drug-likeness (QED) is 0.821. The number of hydrogen-bond acceptors (Lipinski definition) is 3. The first-order valence-corrected chi connectivity index (χ1v) is 9.67. The predicted octanol–water partition coefficient (Wildman–Crippen LogP) is 3.39. The Kier molecular flexibility index (Phi) is 5.16. The predicted molar refractivity (Wildman–Crippen MR) is 82.5 cm³/mol. The standard InChI is InChI=1S/C11H13Br2NO2S2/c12-8-3-4-11(10(13)6-8)18(15,16)14-7-9-2-1-5-17-9/h3-4,6,9,14H,1-2,5,7H2. The fraction of sp³-hybridized carbons (Fsp3) is 0.455. The number of halogens is 2. The van der Waals surface area contributed by atoms with Gasteiger partial charge in [0.05, 0.1) is 4.90 Å². The molecule has 0 radical (unpaired) electrons. The molecule has 1 unspecified atom stereocenters. The monoisotopic (exact) mass is 413 g/mol. The van der Waals surface area contributed by atoms with Crippen LogP contribution in [0.3, 0.4) is 0 Å². The summed E-state index contributed by atoms with van der Waals surface area (Å²) in [4.78, 5) is 0.286. The van der Waals surface area contributed by atoms with E-state index in [4.69, 9.17) is 0 Å². The van der Waals surface area contributed by atoms with Crippen LogP contribution in [-0.2, 0) is 10.0 Å². The van der Waals surface area contributed by atoms with Crippen molar-refractivity contribution < 1.29 is 8.42 Å². The lowest BCUT2D eigenvalue weighted by Gasteiger charge is -2.12. The van der Waals surface area contributed by atoms with E-state index in [0.29, 0.717) is 16.3 Å².